The second-order valence-corrected chi connectivity index (χ2v) is 7.70. The Morgan fingerprint density at radius 1 is 1.29 bits per heavy atom. The minimum Gasteiger partial charge on any atom is -0.459 e. The number of carbonyl (C=O) groups is 2. The molecular weight excluding hydrogens is 422 g/mol. The molecule has 0 fully saturated rings. The van der Waals surface area contributed by atoms with E-state index in [1.54, 1.807) is 42.5 Å². The van der Waals surface area contributed by atoms with Gasteiger partial charge in [-0.3, -0.25) is 9.20 Å². The number of carbonyl (C=O) groups excluding carboxylic acids is 2. The molecule has 2 heterocycles. The number of nitrogens with one attached hydrogen (secondary N) is 1. The van der Waals surface area contributed by atoms with Gasteiger partial charge in [0.1, 0.15) is 11.3 Å². The number of rotatable bonds is 5. The first-order valence-corrected chi connectivity index (χ1v) is 9.89. The van der Waals surface area contributed by atoms with E-state index >= 15 is 0 Å². The van der Waals surface area contributed by atoms with Crippen molar-refractivity contribution in [3.05, 3.63) is 63.5 Å². The summed E-state index contributed by atoms with van der Waals surface area (Å²) in [6, 6.07) is 8.68. The van der Waals surface area contributed by atoms with Gasteiger partial charge in [0.15, 0.2) is 0 Å². The molecule has 2 aromatic heterocycles. The zero-order chi connectivity index (χ0) is 20.4. The summed E-state index contributed by atoms with van der Waals surface area (Å²) < 4.78 is 7.88. The molecule has 3 rings (SSSR count). The highest BCUT2D eigenvalue weighted by molar-refractivity contribution is 9.10. The molecule has 28 heavy (non-hydrogen) atoms. The summed E-state index contributed by atoms with van der Waals surface area (Å²) in [6.45, 7) is 7.50. The van der Waals surface area contributed by atoms with Gasteiger partial charge < -0.3 is 10.1 Å². The van der Waals surface area contributed by atoms with Gasteiger partial charge in [-0.05, 0) is 73.0 Å². The van der Waals surface area contributed by atoms with Crippen LogP contribution in [0.2, 0.25) is 0 Å². The molecule has 3 aromatic rings. The van der Waals surface area contributed by atoms with Crippen LogP contribution in [-0.4, -0.2) is 27.4 Å². The zero-order valence-corrected chi connectivity index (χ0v) is 17.8. The average Bonchev–Trinajstić information content (AvgIpc) is 3.00. The SMILES string of the molecule is CCc1nc2c(C)cc(Br)cn2c1C(=O)Nc1cccc(C(=O)OC(C)C)c1. The molecule has 0 aliphatic carbocycles. The third-order valence-electron chi connectivity index (χ3n) is 4.19. The van der Waals surface area contributed by atoms with Crippen LogP contribution in [0.1, 0.15) is 52.9 Å². The molecule has 0 bridgehead atoms. The first kappa shape index (κ1) is 20.1. The number of aryl methyl sites for hydroxylation is 2. The fraction of sp³-hybridized carbons (Fsp3) is 0.286. The molecule has 0 aliphatic heterocycles. The summed E-state index contributed by atoms with van der Waals surface area (Å²) in [5, 5.41) is 2.88. The maximum atomic E-state index is 13.0. The van der Waals surface area contributed by atoms with Crippen molar-refractivity contribution < 1.29 is 14.3 Å². The van der Waals surface area contributed by atoms with Crippen molar-refractivity contribution in [2.75, 3.05) is 5.32 Å². The van der Waals surface area contributed by atoms with E-state index in [0.717, 1.165) is 15.7 Å². The van der Waals surface area contributed by atoms with Crippen LogP contribution >= 0.6 is 15.9 Å². The lowest BCUT2D eigenvalue weighted by molar-refractivity contribution is 0.0377. The van der Waals surface area contributed by atoms with Crippen LogP contribution in [0.25, 0.3) is 5.65 Å². The van der Waals surface area contributed by atoms with Gasteiger partial charge in [0.25, 0.3) is 5.91 Å². The van der Waals surface area contributed by atoms with Crippen molar-refractivity contribution >= 4 is 39.1 Å². The van der Waals surface area contributed by atoms with Crippen LogP contribution in [0.4, 0.5) is 5.69 Å². The monoisotopic (exact) mass is 443 g/mol. The molecule has 1 amide bonds. The number of fused-ring (bicyclic) bond motifs is 1. The number of hydrogen-bond donors (Lipinski definition) is 1. The molecule has 146 valence electrons. The van der Waals surface area contributed by atoms with Gasteiger partial charge in [-0.1, -0.05) is 13.0 Å². The van der Waals surface area contributed by atoms with Crippen molar-refractivity contribution in [3.8, 4) is 0 Å². The van der Waals surface area contributed by atoms with E-state index in [1.807, 2.05) is 26.1 Å². The third-order valence-corrected chi connectivity index (χ3v) is 4.63. The maximum absolute atomic E-state index is 13.0. The number of amides is 1. The first-order valence-electron chi connectivity index (χ1n) is 9.09. The Balaban J connectivity index is 1.95. The van der Waals surface area contributed by atoms with Gasteiger partial charge in [-0.25, -0.2) is 9.78 Å². The molecule has 6 nitrogen and oxygen atoms in total. The highest BCUT2D eigenvalue weighted by Gasteiger charge is 2.20. The fourth-order valence-corrected chi connectivity index (χ4v) is 3.55. The van der Waals surface area contributed by atoms with Crippen LogP contribution < -0.4 is 5.32 Å². The summed E-state index contributed by atoms with van der Waals surface area (Å²) in [7, 11) is 0. The van der Waals surface area contributed by atoms with E-state index in [9.17, 15) is 9.59 Å². The molecule has 1 N–H and O–H groups in total. The van der Waals surface area contributed by atoms with E-state index in [2.05, 4.69) is 26.2 Å². The maximum Gasteiger partial charge on any atom is 0.338 e. The summed E-state index contributed by atoms with van der Waals surface area (Å²) in [6.07, 6.45) is 2.25. The Hall–Kier alpha value is -2.67. The predicted molar refractivity (Wildman–Crippen MR) is 112 cm³/mol. The Morgan fingerprint density at radius 2 is 2.04 bits per heavy atom. The van der Waals surface area contributed by atoms with E-state index in [0.29, 0.717) is 29.1 Å². The minimum absolute atomic E-state index is 0.210. The highest BCUT2D eigenvalue weighted by atomic mass is 79.9. The lowest BCUT2D eigenvalue weighted by Crippen LogP contribution is -2.17. The highest BCUT2D eigenvalue weighted by Crippen LogP contribution is 2.22. The summed E-state index contributed by atoms with van der Waals surface area (Å²) in [5.74, 6) is -0.703. The molecule has 0 saturated heterocycles. The molecule has 0 saturated carbocycles. The van der Waals surface area contributed by atoms with Crippen molar-refractivity contribution in [2.24, 2.45) is 0 Å². The molecule has 7 heteroatoms. The molecule has 0 spiro atoms. The van der Waals surface area contributed by atoms with E-state index in [1.165, 1.54) is 0 Å². The van der Waals surface area contributed by atoms with E-state index < -0.39 is 5.97 Å². The third kappa shape index (κ3) is 4.09. The Kier molecular flexibility index (Phi) is 5.84. The van der Waals surface area contributed by atoms with Crippen LogP contribution in [0.15, 0.2) is 41.0 Å². The number of halogens is 1. The second-order valence-electron chi connectivity index (χ2n) is 6.78. The number of aromatic nitrogens is 2. The fourth-order valence-electron chi connectivity index (χ4n) is 3.00. The normalized spacial score (nSPS) is 11.1. The summed E-state index contributed by atoms with van der Waals surface area (Å²) >= 11 is 3.48. The lowest BCUT2D eigenvalue weighted by atomic mass is 10.2. The second kappa shape index (κ2) is 8.14. The number of imidazole rings is 1. The van der Waals surface area contributed by atoms with Crippen molar-refractivity contribution in [2.45, 2.75) is 40.2 Å². The Morgan fingerprint density at radius 3 is 2.71 bits per heavy atom. The van der Waals surface area contributed by atoms with Crippen LogP contribution in [-0.2, 0) is 11.2 Å². The number of esters is 1. The van der Waals surface area contributed by atoms with Crippen molar-refractivity contribution in [3.63, 3.8) is 0 Å². The average molecular weight is 444 g/mol. The number of ether oxygens (including phenoxy) is 1. The molecule has 0 unspecified atom stereocenters. The van der Waals surface area contributed by atoms with E-state index in [-0.39, 0.29) is 12.0 Å². The molecule has 0 aliphatic rings. The van der Waals surface area contributed by atoms with Crippen molar-refractivity contribution in [1.29, 1.82) is 0 Å². The van der Waals surface area contributed by atoms with E-state index in [4.69, 9.17) is 4.74 Å². The van der Waals surface area contributed by atoms with Gasteiger partial charge in [0.2, 0.25) is 0 Å². The Labute approximate surface area is 172 Å². The summed E-state index contributed by atoms with van der Waals surface area (Å²) in [5.41, 5.74) is 3.83. The predicted octanol–water partition coefficient (Wildman–Crippen LogP) is 4.79. The number of hydrogen-bond acceptors (Lipinski definition) is 4. The largest absolute Gasteiger partial charge is 0.459 e. The lowest BCUT2D eigenvalue weighted by Gasteiger charge is -2.10. The van der Waals surface area contributed by atoms with Crippen LogP contribution in [0, 0.1) is 6.92 Å². The number of pyridine rings is 1. The molecular formula is C21H22BrN3O3. The minimum atomic E-state index is -0.422. The van der Waals surface area contributed by atoms with Gasteiger partial charge >= 0.3 is 5.97 Å². The molecule has 0 atom stereocenters. The molecule has 0 radical (unpaired) electrons. The standard InChI is InChI=1S/C21H22BrN3O3/c1-5-17-18(25-11-15(22)9-13(4)19(25)24-17)20(26)23-16-8-6-7-14(10-16)21(27)28-12(2)3/h6-12H,5H2,1-4H3,(H,23,26). The number of benzene rings is 1. The first-order chi connectivity index (χ1) is 13.3. The quantitative estimate of drug-likeness (QED) is 0.575. The summed E-state index contributed by atoms with van der Waals surface area (Å²) in [4.78, 5) is 29.8. The number of anilines is 1. The van der Waals surface area contributed by atoms with Gasteiger partial charge in [0, 0.05) is 16.4 Å². The van der Waals surface area contributed by atoms with Crippen LogP contribution in [0.3, 0.4) is 0 Å². The van der Waals surface area contributed by atoms with Gasteiger partial charge in [-0.15, -0.1) is 0 Å². The molecule has 1 aromatic carbocycles. The van der Waals surface area contributed by atoms with Gasteiger partial charge in [0.05, 0.1) is 17.4 Å². The zero-order valence-electron chi connectivity index (χ0n) is 16.2. The smallest absolute Gasteiger partial charge is 0.338 e. The van der Waals surface area contributed by atoms with Crippen molar-refractivity contribution in [1.82, 2.24) is 9.38 Å². The van der Waals surface area contributed by atoms with Gasteiger partial charge in [-0.2, -0.15) is 0 Å². The number of nitrogens with zero attached hydrogens (tertiary/aromatic N) is 2. The van der Waals surface area contributed by atoms with Crippen LogP contribution in [0.5, 0.6) is 0 Å². The Bertz CT molecular complexity index is 1060. The topological polar surface area (TPSA) is 72.7 Å².